The predicted octanol–water partition coefficient (Wildman–Crippen LogP) is 0.718. The van der Waals surface area contributed by atoms with Crippen LogP contribution in [0.15, 0.2) is 4.99 Å². The smallest absolute Gasteiger partial charge is 0.252 e. The van der Waals surface area contributed by atoms with Crippen LogP contribution in [0.3, 0.4) is 0 Å². The summed E-state index contributed by atoms with van der Waals surface area (Å²) >= 11 is 0. The van der Waals surface area contributed by atoms with Gasteiger partial charge >= 0.3 is 0 Å². The van der Waals surface area contributed by atoms with Gasteiger partial charge in [0.25, 0.3) is 5.91 Å². The number of ether oxygens (including phenoxy) is 1. The summed E-state index contributed by atoms with van der Waals surface area (Å²) in [4.78, 5) is 15.9. The third-order valence-corrected chi connectivity index (χ3v) is 2.77. The molecule has 1 aliphatic carbocycles. The van der Waals surface area contributed by atoms with Crippen LogP contribution < -0.4 is 5.32 Å². The van der Waals surface area contributed by atoms with Crippen molar-refractivity contribution in [2.75, 3.05) is 7.11 Å². The maximum atomic E-state index is 11.5. The first kappa shape index (κ1) is 9.65. The molecule has 0 aromatic rings. The normalized spacial score (nSPS) is 27.1. The second kappa shape index (κ2) is 3.05. The summed E-state index contributed by atoms with van der Waals surface area (Å²) in [7, 11) is 1.67. The largest absolute Gasteiger partial charge is 0.373 e. The molecule has 1 aliphatic heterocycles. The molecule has 0 bridgehead atoms. The number of aliphatic imine (C=N–C) groups is 1. The Morgan fingerprint density at radius 2 is 2.21 bits per heavy atom. The van der Waals surface area contributed by atoms with Crippen LogP contribution in [-0.2, 0) is 9.53 Å². The Morgan fingerprint density at radius 1 is 1.57 bits per heavy atom. The summed E-state index contributed by atoms with van der Waals surface area (Å²) in [5.74, 6) is 1.23. The minimum atomic E-state index is -0.624. The quantitative estimate of drug-likeness (QED) is 0.723. The number of amides is 1. The van der Waals surface area contributed by atoms with Crippen LogP contribution in [0.4, 0.5) is 0 Å². The molecule has 0 saturated heterocycles. The summed E-state index contributed by atoms with van der Waals surface area (Å²) in [5.41, 5.74) is -0.624. The standard InChI is InChI=1S/C10H16N2O2/c1-10(2)9(13)11-8(12-10)7(14-3)6-4-5-6/h6-7H,4-5H2,1-3H3,(H,11,12,13). The molecule has 2 rings (SSSR count). The fourth-order valence-electron chi connectivity index (χ4n) is 1.71. The Balaban J connectivity index is 2.15. The zero-order chi connectivity index (χ0) is 10.3. The lowest BCUT2D eigenvalue weighted by molar-refractivity contribution is -0.122. The van der Waals surface area contributed by atoms with Crippen LogP contribution in [0.2, 0.25) is 0 Å². The van der Waals surface area contributed by atoms with E-state index in [1.54, 1.807) is 7.11 Å². The molecule has 78 valence electrons. The molecule has 1 fully saturated rings. The molecule has 4 heteroatoms. The Morgan fingerprint density at radius 3 is 2.57 bits per heavy atom. The van der Waals surface area contributed by atoms with E-state index >= 15 is 0 Å². The topological polar surface area (TPSA) is 50.7 Å². The molecule has 1 heterocycles. The molecule has 0 radical (unpaired) electrons. The first-order valence-electron chi connectivity index (χ1n) is 4.98. The number of rotatable bonds is 3. The Labute approximate surface area is 83.7 Å². The van der Waals surface area contributed by atoms with Gasteiger partial charge in [-0.3, -0.25) is 9.79 Å². The average Bonchev–Trinajstić information content (AvgIpc) is 2.84. The summed E-state index contributed by atoms with van der Waals surface area (Å²) in [6.07, 6.45) is 2.34. The summed E-state index contributed by atoms with van der Waals surface area (Å²) in [5, 5.41) is 2.80. The Bertz CT molecular complexity index is 292. The van der Waals surface area contributed by atoms with Crippen molar-refractivity contribution in [2.24, 2.45) is 10.9 Å². The van der Waals surface area contributed by atoms with Crippen molar-refractivity contribution in [3.05, 3.63) is 0 Å². The molecule has 4 nitrogen and oxygen atoms in total. The van der Waals surface area contributed by atoms with Crippen LogP contribution in [0.1, 0.15) is 26.7 Å². The third-order valence-electron chi connectivity index (χ3n) is 2.77. The minimum Gasteiger partial charge on any atom is -0.373 e. The van der Waals surface area contributed by atoms with E-state index in [9.17, 15) is 4.79 Å². The van der Waals surface area contributed by atoms with Crippen molar-refractivity contribution in [2.45, 2.75) is 38.3 Å². The Kier molecular flexibility index (Phi) is 2.10. The lowest BCUT2D eigenvalue weighted by atomic mass is 10.1. The molecule has 2 aliphatic rings. The number of amidine groups is 1. The molecule has 1 saturated carbocycles. The zero-order valence-electron chi connectivity index (χ0n) is 8.83. The summed E-state index contributed by atoms with van der Waals surface area (Å²) in [6.45, 7) is 3.63. The third kappa shape index (κ3) is 1.54. The molecule has 1 atom stereocenters. The van der Waals surface area contributed by atoms with Gasteiger partial charge in [0, 0.05) is 7.11 Å². The summed E-state index contributed by atoms with van der Waals surface area (Å²) in [6, 6.07) is 0. The SMILES string of the molecule is COC(C1=NC(C)(C)C(=O)N1)C1CC1. The average molecular weight is 196 g/mol. The van der Waals surface area contributed by atoms with Crippen LogP contribution >= 0.6 is 0 Å². The zero-order valence-corrected chi connectivity index (χ0v) is 8.83. The van der Waals surface area contributed by atoms with E-state index in [2.05, 4.69) is 10.3 Å². The maximum Gasteiger partial charge on any atom is 0.252 e. The summed E-state index contributed by atoms with van der Waals surface area (Å²) < 4.78 is 5.35. The van der Waals surface area contributed by atoms with Crippen LogP contribution in [0.5, 0.6) is 0 Å². The van der Waals surface area contributed by atoms with Gasteiger partial charge in [0.15, 0.2) is 0 Å². The molecule has 0 spiro atoms. The number of hydrogen-bond donors (Lipinski definition) is 1. The van der Waals surface area contributed by atoms with Crippen molar-refractivity contribution in [1.29, 1.82) is 0 Å². The van der Waals surface area contributed by atoms with Crippen LogP contribution in [0, 0.1) is 5.92 Å². The number of carbonyl (C=O) groups is 1. The van der Waals surface area contributed by atoms with Gasteiger partial charge in [0.2, 0.25) is 0 Å². The van der Waals surface area contributed by atoms with E-state index in [1.807, 2.05) is 13.8 Å². The van der Waals surface area contributed by atoms with Gasteiger partial charge in [-0.05, 0) is 32.6 Å². The Hall–Kier alpha value is -0.900. The van der Waals surface area contributed by atoms with Crippen LogP contribution in [-0.4, -0.2) is 30.5 Å². The van der Waals surface area contributed by atoms with Crippen LogP contribution in [0.25, 0.3) is 0 Å². The monoisotopic (exact) mass is 196 g/mol. The van der Waals surface area contributed by atoms with E-state index in [4.69, 9.17) is 4.74 Å². The van der Waals surface area contributed by atoms with Gasteiger partial charge in [-0.25, -0.2) is 0 Å². The van der Waals surface area contributed by atoms with E-state index < -0.39 is 5.54 Å². The number of carbonyl (C=O) groups excluding carboxylic acids is 1. The van der Waals surface area contributed by atoms with E-state index in [1.165, 1.54) is 12.8 Å². The molecule has 1 amide bonds. The van der Waals surface area contributed by atoms with Crippen molar-refractivity contribution in [1.82, 2.24) is 5.32 Å². The highest BCUT2D eigenvalue weighted by atomic mass is 16.5. The number of methoxy groups -OCH3 is 1. The first-order chi connectivity index (χ1) is 6.54. The van der Waals surface area contributed by atoms with Crippen molar-refractivity contribution in [3.8, 4) is 0 Å². The maximum absolute atomic E-state index is 11.5. The second-order valence-corrected chi connectivity index (χ2v) is 4.50. The first-order valence-corrected chi connectivity index (χ1v) is 4.98. The molecule has 0 aromatic heterocycles. The number of nitrogens with one attached hydrogen (secondary N) is 1. The highest BCUT2D eigenvalue weighted by Gasteiger charge is 2.42. The van der Waals surface area contributed by atoms with E-state index in [0.717, 1.165) is 0 Å². The molecular weight excluding hydrogens is 180 g/mol. The van der Waals surface area contributed by atoms with E-state index in [0.29, 0.717) is 11.8 Å². The van der Waals surface area contributed by atoms with Gasteiger partial charge < -0.3 is 10.1 Å². The van der Waals surface area contributed by atoms with Gasteiger partial charge in [-0.15, -0.1) is 0 Å². The molecule has 14 heavy (non-hydrogen) atoms. The van der Waals surface area contributed by atoms with Crippen molar-refractivity contribution < 1.29 is 9.53 Å². The molecule has 1 N–H and O–H groups in total. The highest BCUT2D eigenvalue weighted by molar-refractivity contribution is 6.09. The van der Waals surface area contributed by atoms with Crippen molar-refractivity contribution >= 4 is 11.7 Å². The van der Waals surface area contributed by atoms with Gasteiger partial charge in [0.1, 0.15) is 17.5 Å². The fraction of sp³-hybridized carbons (Fsp3) is 0.800. The minimum absolute atomic E-state index is 0.0132. The fourth-order valence-corrected chi connectivity index (χ4v) is 1.71. The number of hydrogen-bond acceptors (Lipinski definition) is 3. The van der Waals surface area contributed by atoms with Gasteiger partial charge in [-0.2, -0.15) is 0 Å². The number of nitrogens with zero attached hydrogens (tertiary/aromatic N) is 1. The van der Waals surface area contributed by atoms with Gasteiger partial charge in [-0.1, -0.05) is 0 Å². The van der Waals surface area contributed by atoms with Crippen molar-refractivity contribution in [3.63, 3.8) is 0 Å². The van der Waals surface area contributed by atoms with E-state index in [-0.39, 0.29) is 12.0 Å². The highest BCUT2D eigenvalue weighted by Crippen LogP contribution is 2.35. The predicted molar refractivity (Wildman–Crippen MR) is 53.2 cm³/mol. The second-order valence-electron chi connectivity index (χ2n) is 4.50. The molecule has 1 unspecified atom stereocenters. The van der Waals surface area contributed by atoms with Gasteiger partial charge in [0.05, 0.1) is 0 Å². The lowest BCUT2D eigenvalue weighted by Crippen LogP contribution is -2.39. The molecular formula is C10H16N2O2. The lowest BCUT2D eigenvalue weighted by Gasteiger charge is -2.13. The molecule has 0 aromatic carbocycles.